The molecular formula is C27H28N2O6. The van der Waals surface area contributed by atoms with E-state index < -0.39 is 5.97 Å². The average molecular weight is 477 g/mol. The normalized spacial score (nSPS) is 10.6. The van der Waals surface area contributed by atoms with Gasteiger partial charge in [-0.25, -0.2) is 10.2 Å². The summed E-state index contributed by atoms with van der Waals surface area (Å²) < 4.78 is 21.9. The monoisotopic (exact) mass is 476 g/mol. The maximum Gasteiger partial charge on any atom is 0.343 e. The van der Waals surface area contributed by atoms with Crippen LogP contribution in [0.5, 0.6) is 23.0 Å². The first-order valence-electron chi connectivity index (χ1n) is 11.3. The van der Waals surface area contributed by atoms with E-state index in [-0.39, 0.29) is 11.7 Å². The maximum absolute atomic E-state index is 12.6. The second-order valence-electron chi connectivity index (χ2n) is 7.14. The first kappa shape index (κ1) is 25.3. The molecule has 0 heterocycles. The number of ether oxygens (including phenoxy) is 4. The first-order valence-corrected chi connectivity index (χ1v) is 11.3. The number of amides is 1. The SMILES string of the molecule is CCOc1ccc(C(=O)N/N=C\c2ccc(OC(=O)c3ccc(OCC)cc3)c(OCC)c2)cc1. The van der Waals surface area contributed by atoms with Gasteiger partial charge in [-0.15, -0.1) is 0 Å². The van der Waals surface area contributed by atoms with Crippen LogP contribution in [0.3, 0.4) is 0 Å². The summed E-state index contributed by atoms with van der Waals surface area (Å²) in [6.07, 6.45) is 1.48. The Labute approximate surface area is 204 Å². The van der Waals surface area contributed by atoms with Gasteiger partial charge < -0.3 is 18.9 Å². The molecule has 0 aliphatic rings. The summed E-state index contributed by atoms with van der Waals surface area (Å²) in [5.74, 6) is 1.17. The molecule has 0 atom stereocenters. The van der Waals surface area contributed by atoms with Crippen LogP contribution in [-0.4, -0.2) is 37.9 Å². The predicted molar refractivity (Wildman–Crippen MR) is 133 cm³/mol. The first-order chi connectivity index (χ1) is 17.0. The van der Waals surface area contributed by atoms with E-state index in [1.165, 1.54) is 6.21 Å². The number of hydrogen-bond acceptors (Lipinski definition) is 7. The third-order valence-electron chi connectivity index (χ3n) is 4.68. The summed E-state index contributed by atoms with van der Waals surface area (Å²) in [6.45, 7) is 7.09. The van der Waals surface area contributed by atoms with Crippen LogP contribution in [0.15, 0.2) is 71.8 Å². The minimum absolute atomic E-state index is 0.279. The van der Waals surface area contributed by atoms with E-state index in [1.807, 2.05) is 20.8 Å². The lowest BCUT2D eigenvalue weighted by Gasteiger charge is -2.11. The van der Waals surface area contributed by atoms with Gasteiger partial charge >= 0.3 is 5.97 Å². The summed E-state index contributed by atoms with van der Waals surface area (Å²) in [5.41, 5.74) is 3.98. The van der Waals surface area contributed by atoms with Gasteiger partial charge in [0.2, 0.25) is 0 Å². The lowest BCUT2D eigenvalue weighted by molar-refractivity contribution is 0.0728. The maximum atomic E-state index is 12.6. The molecule has 182 valence electrons. The Morgan fingerprint density at radius 2 is 1.31 bits per heavy atom. The number of esters is 1. The van der Waals surface area contributed by atoms with Crippen molar-refractivity contribution in [2.24, 2.45) is 5.10 Å². The van der Waals surface area contributed by atoms with Crippen LogP contribution in [0.25, 0.3) is 0 Å². The number of hydrazone groups is 1. The van der Waals surface area contributed by atoms with Gasteiger partial charge in [0.15, 0.2) is 11.5 Å². The third kappa shape index (κ3) is 7.33. The van der Waals surface area contributed by atoms with Gasteiger partial charge in [-0.1, -0.05) is 0 Å². The topological polar surface area (TPSA) is 95.5 Å². The summed E-state index contributed by atoms with van der Waals surface area (Å²) in [5, 5.41) is 4.01. The van der Waals surface area contributed by atoms with Crippen LogP contribution in [0.2, 0.25) is 0 Å². The van der Waals surface area contributed by atoms with Gasteiger partial charge in [0.25, 0.3) is 5.91 Å². The van der Waals surface area contributed by atoms with Crippen LogP contribution < -0.4 is 24.4 Å². The molecule has 35 heavy (non-hydrogen) atoms. The standard InChI is InChI=1S/C27H28N2O6/c1-4-32-22-12-8-20(9-13-22)26(30)29-28-18-19-7-16-24(25(17-19)34-6-3)35-27(31)21-10-14-23(15-11-21)33-5-2/h7-18H,4-6H2,1-3H3,(H,29,30)/b28-18-. The zero-order valence-electron chi connectivity index (χ0n) is 19.9. The molecule has 3 rings (SSSR count). The number of carbonyl (C=O) groups is 2. The Morgan fingerprint density at radius 1 is 0.743 bits per heavy atom. The highest BCUT2D eigenvalue weighted by atomic mass is 16.6. The molecule has 0 fully saturated rings. The fourth-order valence-electron chi connectivity index (χ4n) is 3.07. The molecule has 0 aromatic heterocycles. The molecule has 1 N–H and O–H groups in total. The highest BCUT2D eigenvalue weighted by Gasteiger charge is 2.13. The Bertz CT molecular complexity index is 1160. The molecule has 8 nitrogen and oxygen atoms in total. The minimum Gasteiger partial charge on any atom is -0.494 e. The number of nitrogens with zero attached hydrogens (tertiary/aromatic N) is 1. The smallest absolute Gasteiger partial charge is 0.343 e. The zero-order valence-corrected chi connectivity index (χ0v) is 19.9. The minimum atomic E-state index is -0.516. The van der Waals surface area contributed by atoms with Crippen molar-refractivity contribution in [1.29, 1.82) is 0 Å². The molecule has 0 bridgehead atoms. The molecular weight excluding hydrogens is 448 g/mol. The molecule has 1 amide bonds. The van der Waals surface area contributed by atoms with Gasteiger partial charge in [0.05, 0.1) is 31.6 Å². The highest BCUT2D eigenvalue weighted by Crippen LogP contribution is 2.29. The largest absolute Gasteiger partial charge is 0.494 e. The molecule has 0 saturated carbocycles. The van der Waals surface area contributed by atoms with Crippen molar-refractivity contribution in [3.05, 3.63) is 83.4 Å². The van der Waals surface area contributed by atoms with E-state index in [4.69, 9.17) is 18.9 Å². The Hall–Kier alpha value is -4.33. The molecule has 0 saturated heterocycles. The predicted octanol–water partition coefficient (Wildman–Crippen LogP) is 4.87. The van der Waals surface area contributed by atoms with Crippen LogP contribution in [0.4, 0.5) is 0 Å². The summed E-state index contributed by atoms with van der Waals surface area (Å²) in [6, 6.07) is 18.5. The van der Waals surface area contributed by atoms with E-state index in [0.717, 1.165) is 0 Å². The van der Waals surface area contributed by atoms with Crippen molar-refractivity contribution < 1.29 is 28.5 Å². The summed E-state index contributed by atoms with van der Waals surface area (Å²) in [4.78, 5) is 24.8. The van der Waals surface area contributed by atoms with Crippen molar-refractivity contribution in [3.8, 4) is 23.0 Å². The van der Waals surface area contributed by atoms with Gasteiger partial charge in [0, 0.05) is 5.56 Å². The van der Waals surface area contributed by atoms with Crippen molar-refractivity contribution >= 4 is 18.1 Å². The van der Waals surface area contributed by atoms with Crippen molar-refractivity contribution in [3.63, 3.8) is 0 Å². The number of rotatable bonds is 11. The number of hydrogen-bond donors (Lipinski definition) is 1. The lowest BCUT2D eigenvalue weighted by atomic mass is 10.2. The van der Waals surface area contributed by atoms with Gasteiger partial charge in [-0.05, 0) is 93.1 Å². The molecule has 0 unspecified atom stereocenters. The number of carbonyl (C=O) groups excluding carboxylic acids is 2. The van der Waals surface area contributed by atoms with E-state index in [1.54, 1.807) is 66.7 Å². The molecule has 8 heteroatoms. The zero-order chi connectivity index (χ0) is 25.0. The van der Waals surface area contributed by atoms with Crippen LogP contribution in [0, 0.1) is 0 Å². The van der Waals surface area contributed by atoms with Crippen molar-refractivity contribution in [1.82, 2.24) is 5.43 Å². The second kappa shape index (κ2) is 12.8. The third-order valence-corrected chi connectivity index (χ3v) is 4.68. The molecule has 3 aromatic carbocycles. The highest BCUT2D eigenvalue weighted by molar-refractivity contribution is 5.95. The Balaban J connectivity index is 1.65. The van der Waals surface area contributed by atoms with E-state index in [9.17, 15) is 9.59 Å². The van der Waals surface area contributed by atoms with E-state index in [2.05, 4.69) is 10.5 Å². The summed E-state index contributed by atoms with van der Waals surface area (Å²) in [7, 11) is 0. The van der Waals surface area contributed by atoms with Crippen molar-refractivity contribution in [2.45, 2.75) is 20.8 Å². The second-order valence-corrected chi connectivity index (χ2v) is 7.14. The fraction of sp³-hybridized carbons (Fsp3) is 0.222. The van der Waals surface area contributed by atoms with E-state index in [0.29, 0.717) is 53.8 Å². The Kier molecular flexibility index (Phi) is 9.24. The lowest BCUT2D eigenvalue weighted by Crippen LogP contribution is -2.17. The molecule has 0 aliphatic heterocycles. The Morgan fingerprint density at radius 3 is 1.89 bits per heavy atom. The summed E-state index contributed by atoms with van der Waals surface area (Å²) >= 11 is 0. The molecule has 0 aliphatic carbocycles. The number of benzene rings is 3. The van der Waals surface area contributed by atoms with E-state index >= 15 is 0 Å². The molecule has 0 radical (unpaired) electrons. The molecule has 0 spiro atoms. The quantitative estimate of drug-likeness (QED) is 0.184. The fourth-order valence-corrected chi connectivity index (χ4v) is 3.07. The van der Waals surface area contributed by atoms with Crippen molar-refractivity contribution in [2.75, 3.05) is 19.8 Å². The van der Waals surface area contributed by atoms with Crippen LogP contribution >= 0.6 is 0 Å². The van der Waals surface area contributed by atoms with Crippen LogP contribution in [-0.2, 0) is 0 Å². The van der Waals surface area contributed by atoms with Gasteiger partial charge in [-0.3, -0.25) is 4.79 Å². The average Bonchev–Trinajstić information content (AvgIpc) is 2.87. The van der Waals surface area contributed by atoms with Crippen LogP contribution in [0.1, 0.15) is 47.1 Å². The molecule has 3 aromatic rings. The van der Waals surface area contributed by atoms with Gasteiger partial charge in [0.1, 0.15) is 11.5 Å². The van der Waals surface area contributed by atoms with Gasteiger partial charge in [-0.2, -0.15) is 5.10 Å². The number of nitrogens with one attached hydrogen (secondary N) is 1.